The van der Waals surface area contributed by atoms with Crippen molar-refractivity contribution in [1.82, 2.24) is 0 Å². The van der Waals surface area contributed by atoms with E-state index < -0.39 is 0 Å². The van der Waals surface area contributed by atoms with Crippen LogP contribution >= 0.6 is 0 Å². The average molecular weight is 631 g/mol. The highest BCUT2D eigenvalue weighted by Gasteiger charge is 2.35. The molecule has 0 aromatic heterocycles. The highest BCUT2D eigenvalue weighted by atomic mass is 14.4. The largest absolute Gasteiger partial charge is 0.0984 e. The highest BCUT2D eigenvalue weighted by molar-refractivity contribution is 6.12. The third kappa shape index (κ3) is 5.35. The summed E-state index contributed by atoms with van der Waals surface area (Å²) in [5.74, 6) is 0. The van der Waals surface area contributed by atoms with Crippen LogP contribution in [-0.2, 0) is 5.41 Å². The zero-order valence-electron chi connectivity index (χ0n) is 28.9. The van der Waals surface area contributed by atoms with Crippen LogP contribution in [0.15, 0.2) is 159 Å². The van der Waals surface area contributed by atoms with Gasteiger partial charge in [0.25, 0.3) is 0 Å². The van der Waals surface area contributed by atoms with Crippen LogP contribution < -0.4 is 0 Å². The maximum atomic E-state index is 4.33. The van der Waals surface area contributed by atoms with Crippen LogP contribution in [-0.4, -0.2) is 0 Å². The van der Waals surface area contributed by atoms with Gasteiger partial charge < -0.3 is 0 Å². The van der Waals surface area contributed by atoms with E-state index in [0.717, 1.165) is 11.1 Å². The van der Waals surface area contributed by atoms with E-state index >= 15 is 0 Å². The van der Waals surface area contributed by atoms with Crippen molar-refractivity contribution in [3.8, 4) is 55.6 Å². The lowest BCUT2D eigenvalue weighted by Gasteiger charge is -2.22. The predicted octanol–water partition coefficient (Wildman–Crippen LogP) is 14.1. The third-order valence-corrected chi connectivity index (χ3v) is 10.1. The molecule has 49 heavy (non-hydrogen) atoms. The minimum absolute atomic E-state index is 0.0419. The Kier molecular flexibility index (Phi) is 8.49. The van der Waals surface area contributed by atoms with Gasteiger partial charge in [0.1, 0.15) is 0 Å². The van der Waals surface area contributed by atoms with Crippen LogP contribution in [0.5, 0.6) is 0 Å². The second-order valence-electron chi connectivity index (χ2n) is 13.0. The zero-order valence-corrected chi connectivity index (χ0v) is 28.9. The summed E-state index contributed by atoms with van der Waals surface area (Å²) < 4.78 is 0. The number of rotatable bonds is 6. The molecule has 0 fully saturated rings. The minimum Gasteiger partial charge on any atom is -0.0984 e. The summed E-state index contributed by atoms with van der Waals surface area (Å²) in [5, 5.41) is 2.41. The van der Waals surface area contributed by atoms with E-state index in [1.54, 1.807) is 0 Å². The molecule has 0 N–H and O–H groups in total. The summed E-state index contributed by atoms with van der Waals surface area (Å²) in [6.45, 7) is 17.3. The number of hydrogen-bond donors (Lipinski definition) is 0. The van der Waals surface area contributed by atoms with Crippen LogP contribution in [0.4, 0.5) is 0 Å². The van der Waals surface area contributed by atoms with Gasteiger partial charge in [0.15, 0.2) is 0 Å². The van der Waals surface area contributed by atoms with Crippen LogP contribution in [0.1, 0.15) is 49.9 Å². The van der Waals surface area contributed by atoms with Gasteiger partial charge in [-0.25, -0.2) is 0 Å². The lowest BCUT2D eigenvalue weighted by atomic mass is 9.81. The molecule has 0 saturated carbocycles. The van der Waals surface area contributed by atoms with Crippen LogP contribution in [0.25, 0.3) is 78.6 Å². The summed E-state index contributed by atoms with van der Waals surface area (Å²) in [4.78, 5) is 0. The molecule has 0 unspecified atom stereocenters. The van der Waals surface area contributed by atoms with Crippen molar-refractivity contribution in [1.29, 1.82) is 0 Å². The first-order chi connectivity index (χ1) is 24.0. The summed E-state index contributed by atoms with van der Waals surface area (Å²) in [6.07, 6.45) is 4.00. The molecule has 1 aliphatic rings. The Labute approximate surface area is 291 Å². The Morgan fingerprint density at radius 3 is 1.55 bits per heavy atom. The van der Waals surface area contributed by atoms with Gasteiger partial charge in [-0.1, -0.05) is 186 Å². The molecule has 7 aromatic rings. The molecular formula is C49H42. The fourth-order valence-electron chi connectivity index (χ4n) is 7.72. The summed E-state index contributed by atoms with van der Waals surface area (Å²) in [6, 6.07) is 53.0. The Morgan fingerprint density at radius 1 is 0.408 bits per heavy atom. The molecule has 0 bridgehead atoms. The topological polar surface area (TPSA) is 0 Å². The fourth-order valence-corrected chi connectivity index (χ4v) is 7.72. The lowest BCUT2D eigenvalue weighted by Crippen LogP contribution is -2.14. The van der Waals surface area contributed by atoms with Gasteiger partial charge in [0.2, 0.25) is 0 Å². The smallest absolute Gasteiger partial charge is 0.0159 e. The molecule has 8 rings (SSSR count). The number of benzene rings is 7. The van der Waals surface area contributed by atoms with Crippen LogP contribution in [0.3, 0.4) is 0 Å². The summed E-state index contributed by atoms with van der Waals surface area (Å²) in [7, 11) is 0. The highest BCUT2D eigenvalue weighted by Crippen LogP contribution is 2.50. The van der Waals surface area contributed by atoms with Crippen molar-refractivity contribution in [3.63, 3.8) is 0 Å². The normalized spacial score (nSPS) is 12.4. The first kappa shape index (κ1) is 31.9. The molecule has 1 aliphatic carbocycles. The van der Waals surface area contributed by atoms with E-state index in [-0.39, 0.29) is 5.41 Å². The van der Waals surface area contributed by atoms with Crippen LogP contribution in [0.2, 0.25) is 0 Å². The molecule has 0 aliphatic heterocycles. The van der Waals surface area contributed by atoms with E-state index in [9.17, 15) is 0 Å². The Bertz CT molecular complexity index is 2330. The zero-order chi connectivity index (χ0) is 34.1. The Hall–Kier alpha value is -5.72. The van der Waals surface area contributed by atoms with Gasteiger partial charge in [-0.05, 0) is 101 Å². The number of fused-ring (bicyclic) bond motifs is 4. The second kappa shape index (κ2) is 13.1. The summed E-state index contributed by atoms with van der Waals surface area (Å²) >= 11 is 0. The monoisotopic (exact) mass is 630 g/mol. The first-order valence-corrected chi connectivity index (χ1v) is 17.3. The average Bonchev–Trinajstić information content (AvgIpc) is 3.40. The molecule has 0 spiro atoms. The fraction of sp³-hybridized carbons (Fsp3) is 0.102. The Morgan fingerprint density at radius 2 is 0.878 bits per heavy atom. The standard InChI is InChI=1S/C47H36.C2H6/c1-5-37-38(6-2)46(42-21-11-10-20-41(42)45(37)33-25-23-32(24-26-33)31-15-8-7-9-16-31)36-18-14-17-34(29-36)35-27-28-40-39-19-12-13-22-43(39)47(3,4)44(40)30-35;1-2/h5-30H,1-2H2,3-4H3;1-2H3. The van der Waals surface area contributed by atoms with E-state index in [2.05, 4.69) is 173 Å². The molecule has 0 saturated heterocycles. The van der Waals surface area contributed by atoms with Gasteiger partial charge in [0, 0.05) is 5.41 Å². The van der Waals surface area contributed by atoms with Gasteiger partial charge in [-0.15, -0.1) is 0 Å². The maximum absolute atomic E-state index is 4.33. The molecule has 238 valence electrons. The SMILES string of the molecule is C=Cc1c(C=C)c(-c2cccc(-c3ccc4c(c3)C(C)(C)c3ccccc3-4)c2)c2ccccc2c1-c1ccc(-c2ccccc2)cc1.CC. The second-order valence-corrected chi connectivity index (χ2v) is 13.0. The predicted molar refractivity (Wildman–Crippen MR) is 215 cm³/mol. The van der Waals surface area contributed by atoms with Crippen molar-refractivity contribution in [3.05, 3.63) is 181 Å². The quantitative estimate of drug-likeness (QED) is 0.171. The third-order valence-electron chi connectivity index (χ3n) is 10.1. The van der Waals surface area contributed by atoms with Crippen molar-refractivity contribution >= 4 is 22.9 Å². The molecule has 7 aromatic carbocycles. The minimum atomic E-state index is -0.0419. The first-order valence-electron chi connectivity index (χ1n) is 17.3. The van der Waals surface area contributed by atoms with E-state index in [0.29, 0.717) is 0 Å². The van der Waals surface area contributed by atoms with Crippen LogP contribution in [0, 0.1) is 0 Å². The van der Waals surface area contributed by atoms with Gasteiger partial charge in [0.05, 0.1) is 0 Å². The van der Waals surface area contributed by atoms with E-state index in [1.165, 1.54) is 77.5 Å². The molecular weight excluding hydrogens is 589 g/mol. The molecule has 0 amide bonds. The Balaban J connectivity index is 0.00000186. The lowest BCUT2D eigenvalue weighted by molar-refractivity contribution is 0.660. The number of hydrogen-bond acceptors (Lipinski definition) is 0. The van der Waals surface area contributed by atoms with Crippen molar-refractivity contribution in [2.45, 2.75) is 33.1 Å². The molecule has 0 heteroatoms. The summed E-state index contributed by atoms with van der Waals surface area (Å²) in [5.41, 5.74) is 17.2. The van der Waals surface area contributed by atoms with Crippen molar-refractivity contribution in [2.24, 2.45) is 0 Å². The van der Waals surface area contributed by atoms with E-state index in [4.69, 9.17) is 0 Å². The molecule has 0 atom stereocenters. The molecule has 0 nitrogen and oxygen atoms in total. The van der Waals surface area contributed by atoms with Gasteiger partial charge >= 0.3 is 0 Å². The molecule has 0 radical (unpaired) electrons. The van der Waals surface area contributed by atoms with Gasteiger partial charge in [-0.2, -0.15) is 0 Å². The van der Waals surface area contributed by atoms with Gasteiger partial charge in [-0.3, -0.25) is 0 Å². The van der Waals surface area contributed by atoms with E-state index in [1.807, 2.05) is 26.0 Å². The van der Waals surface area contributed by atoms with Crippen molar-refractivity contribution in [2.75, 3.05) is 0 Å². The molecule has 0 heterocycles. The van der Waals surface area contributed by atoms with Crippen molar-refractivity contribution < 1.29 is 0 Å². The maximum Gasteiger partial charge on any atom is 0.0159 e.